The molecule has 3 heterocycles. The van der Waals surface area contributed by atoms with E-state index in [-0.39, 0.29) is 97.4 Å². The molecule has 1 fully saturated rings. The normalized spacial score (nSPS) is 19.9. The van der Waals surface area contributed by atoms with Crippen molar-refractivity contribution in [3.63, 3.8) is 0 Å². The summed E-state index contributed by atoms with van der Waals surface area (Å²) in [6.45, 7) is 3.32. The quantitative estimate of drug-likeness (QED) is 0.0408. The van der Waals surface area contributed by atoms with Gasteiger partial charge in [-0.2, -0.15) is 8.42 Å². The number of aliphatic carboxylic acids is 3. The number of hydrogen-bond acceptors (Lipinski definition) is 16. The summed E-state index contributed by atoms with van der Waals surface area (Å²) >= 11 is 0. The second-order valence-electron chi connectivity index (χ2n) is 18.6. The van der Waals surface area contributed by atoms with Crippen molar-refractivity contribution in [1.29, 1.82) is 0 Å². The fourth-order valence-corrected chi connectivity index (χ4v) is 9.18. The van der Waals surface area contributed by atoms with E-state index in [4.69, 9.17) is 4.74 Å². The largest absolute Gasteiger partial charge is 0.494 e. The Morgan fingerprint density at radius 1 is 0.712 bits per heavy atom. The molecule has 0 spiro atoms. The van der Waals surface area contributed by atoms with Crippen LogP contribution in [-0.2, 0) is 68.0 Å². The van der Waals surface area contributed by atoms with E-state index in [1.165, 1.54) is 0 Å². The van der Waals surface area contributed by atoms with Crippen LogP contribution in [0.3, 0.4) is 0 Å². The Hall–Kier alpha value is -6.29. The molecule has 404 valence electrons. The lowest BCUT2D eigenvalue weighted by molar-refractivity contribution is -0.142. The fourth-order valence-electron chi connectivity index (χ4n) is 8.52. The monoisotopic (exact) mass is 1050 g/mol. The van der Waals surface area contributed by atoms with E-state index in [2.05, 4.69) is 21.3 Å². The maximum absolute atomic E-state index is 13.9. The van der Waals surface area contributed by atoms with Gasteiger partial charge < -0.3 is 41.3 Å². The van der Waals surface area contributed by atoms with Crippen LogP contribution >= 0.6 is 0 Å². The number of hydrogen-bond donors (Lipinski definition) is 10. The Morgan fingerprint density at radius 3 is 1.64 bits per heavy atom. The van der Waals surface area contributed by atoms with E-state index in [9.17, 15) is 71.9 Å². The van der Waals surface area contributed by atoms with E-state index in [0.717, 1.165) is 5.56 Å². The summed E-state index contributed by atoms with van der Waals surface area (Å²) in [7, 11) is -4.82. The molecule has 3 aliphatic heterocycles. The topological polar surface area (TPSA) is 354 Å². The molecule has 73 heavy (non-hydrogen) atoms. The van der Waals surface area contributed by atoms with Gasteiger partial charge >= 0.3 is 17.9 Å². The van der Waals surface area contributed by atoms with Crippen molar-refractivity contribution >= 4 is 57.6 Å². The fraction of sp³-hybridized carbons (Fsp3) is 0.574. The molecule has 2 aromatic carbocycles. The van der Waals surface area contributed by atoms with Gasteiger partial charge in [0.1, 0.15) is 23.6 Å². The average molecular weight is 1050 g/mol. The number of benzene rings is 2. The Kier molecular flexibility index (Phi) is 23.9. The number of rotatable bonds is 20. The summed E-state index contributed by atoms with van der Waals surface area (Å²) in [5, 5.41) is 48.6. The maximum Gasteiger partial charge on any atom is 0.317 e. The molecule has 5 rings (SSSR count). The van der Waals surface area contributed by atoms with Gasteiger partial charge in [-0.3, -0.25) is 67.7 Å². The predicted octanol–water partition coefficient (Wildman–Crippen LogP) is -1.55. The molecular weight excluding hydrogens is 979 g/mol. The molecule has 26 heteroatoms. The minimum absolute atomic E-state index is 0.000965. The van der Waals surface area contributed by atoms with Crippen molar-refractivity contribution in [2.75, 3.05) is 90.9 Å². The van der Waals surface area contributed by atoms with Crippen molar-refractivity contribution in [3.8, 4) is 5.75 Å². The van der Waals surface area contributed by atoms with Crippen LogP contribution in [0.1, 0.15) is 49.8 Å². The van der Waals surface area contributed by atoms with Crippen molar-refractivity contribution in [3.05, 3.63) is 65.2 Å². The smallest absolute Gasteiger partial charge is 0.317 e. The molecule has 2 aromatic rings. The van der Waals surface area contributed by atoms with Gasteiger partial charge in [0.05, 0.1) is 38.7 Å². The number of carbonyl (C=O) groups is 8. The van der Waals surface area contributed by atoms with E-state index < -0.39 is 107 Å². The zero-order chi connectivity index (χ0) is 53.7. The lowest BCUT2D eigenvalue weighted by Gasteiger charge is -2.33. The number of amides is 5. The van der Waals surface area contributed by atoms with Gasteiger partial charge in [-0.15, -0.1) is 0 Å². The Morgan fingerprint density at radius 2 is 1.19 bits per heavy atom. The van der Waals surface area contributed by atoms with Crippen molar-refractivity contribution in [2.24, 2.45) is 17.8 Å². The first-order valence-corrected chi connectivity index (χ1v) is 25.6. The molecule has 0 aliphatic carbocycles. The van der Waals surface area contributed by atoms with Crippen LogP contribution in [0.4, 0.5) is 0 Å². The number of carboxylic acid groups (broad SMARTS) is 3. The van der Waals surface area contributed by atoms with E-state index in [1.54, 1.807) is 73.6 Å². The number of nitrogens with zero attached hydrogens (tertiary/aromatic N) is 4. The number of nitrogens with one attached hydrogen (secondary N) is 5. The lowest BCUT2D eigenvalue weighted by Crippen LogP contribution is -2.53. The molecule has 3 aliphatic rings. The second kappa shape index (κ2) is 29.4. The first-order valence-electron chi connectivity index (χ1n) is 24.0. The Labute approximate surface area is 423 Å². The minimum Gasteiger partial charge on any atom is -0.494 e. The zero-order valence-electron chi connectivity index (χ0n) is 41.1. The zero-order valence-corrected chi connectivity index (χ0v) is 41.9. The molecule has 0 saturated carbocycles. The summed E-state index contributed by atoms with van der Waals surface area (Å²) in [5.74, 6) is -9.25. The molecule has 10 N–H and O–H groups in total. The number of carbonyl (C=O) groups excluding carboxylic acids is 5. The molecular formula is C47H69N9O16S. The van der Waals surface area contributed by atoms with Crippen molar-refractivity contribution in [1.82, 2.24) is 46.3 Å². The minimum atomic E-state index is -4.82. The molecule has 2 bridgehead atoms. The molecule has 1 unspecified atom stereocenters. The van der Waals surface area contributed by atoms with Gasteiger partial charge in [0, 0.05) is 77.8 Å². The Bertz CT molecular complexity index is 2270. The van der Waals surface area contributed by atoms with Crippen LogP contribution < -0.4 is 31.5 Å². The molecule has 4 atom stereocenters. The third-order valence-electron chi connectivity index (χ3n) is 12.3. The van der Waals surface area contributed by atoms with Crippen LogP contribution in [-0.4, -0.2) is 204 Å². The summed E-state index contributed by atoms with van der Waals surface area (Å²) in [5.41, 5.74) is 3.58. The molecule has 25 nitrogen and oxygen atoms in total. The van der Waals surface area contributed by atoms with Gasteiger partial charge in [-0.1, -0.05) is 50.2 Å². The number of fused-ring (bicyclic) bond motifs is 11. The highest BCUT2D eigenvalue weighted by molar-refractivity contribution is 7.85. The Balaban J connectivity index is 1.41. The third kappa shape index (κ3) is 22.2. The average Bonchev–Trinajstić information content (AvgIpc) is 3.31. The number of ether oxygens (including phenoxy) is 1. The molecule has 0 radical (unpaired) electrons. The van der Waals surface area contributed by atoms with Crippen LogP contribution in [0.25, 0.3) is 0 Å². The van der Waals surface area contributed by atoms with Gasteiger partial charge in [0.25, 0.3) is 10.1 Å². The van der Waals surface area contributed by atoms with Crippen molar-refractivity contribution < 1.29 is 76.6 Å². The van der Waals surface area contributed by atoms with Crippen LogP contribution in [0, 0.1) is 17.8 Å². The van der Waals surface area contributed by atoms with E-state index >= 15 is 0 Å². The molecule has 0 aromatic heterocycles. The van der Waals surface area contributed by atoms with Crippen LogP contribution in [0.2, 0.25) is 0 Å². The standard InChI is InChI=1S/C47H69N9O16S/c1-31(2)22-37-36(45(65)52-68)4-3-21-72-35-11-9-32(10-12-35)23-38(51-44(37)64)46(66)48-24-33-5-7-34(8-6-33)25-49-47(67)39(30-73(69,70)71)50-40(57)26-53-13-15-54(27-41(58)59)17-19-56(29-43(62)63)20-18-55(16-14-53)28-42(60)61/h5-12,31,36-39,68H,3-4,13-30H2,1-2H3,(H,48,66)(H,49,67)(H,50,57)(H,51,64)(H,52,65)(H,58,59)(H,60,61)(H,62,63)(H,69,70,71)/t36-,37+,38-,39?/m0/s1. The van der Waals surface area contributed by atoms with E-state index in [0.29, 0.717) is 29.7 Å². The van der Waals surface area contributed by atoms with E-state index in [1.807, 2.05) is 13.8 Å². The highest BCUT2D eigenvalue weighted by atomic mass is 32.2. The SMILES string of the molecule is CC(C)C[C@H]1C(=O)N[C@H](C(=O)NCc2ccc(CNC(=O)C(CS(=O)(=O)O)NC(=O)CN3CCN(CC(=O)O)CCN(CC(=O)O)CCN(CC(=O)O)CC3)cc2)Cc2ccc(cc2)OCCC[C@@H]1C(=O)NO. The number of hydroxylamine groups is 1. The highest BCUT2D eigenvalue weighted by Crippen LogP contribution is 2.27. The first-order chi connectivity index (χ1) is 34.6. The number of carboxylic acids is 3. The first kappa shape index (κ1) is 59.3. The third-order valence-corrected chi connectivity index (χ3v) is 13.0. The summed E-state index contributed by atoms with van der Waals surface area (Å²) < 4.78 is 39.6. The van der Waals surface area contributed by atoms with Gasteiger partial charge in [0.2, 0.25) is 29.5 Å². The maximum atomic E-state index is 13.9. The predicted molar refractivity (Wildman–Crippen MR) is 260 cm³/mol. The second-order valence-corrected chi connectivity index (χ2v) is 20.1. The van der Waals surface area contributed by atoms with Crippen LogP contribution in [0.15, 0.2) is 48.5 Å². The van der Waals surface area contributed by atoms with Gasteiger partial charge in [0.15, 0.2) is 0 Å². The van der Waals surface area contributed by atoms with Gasteiger partial charge in [-0.25, -0.2) is 5.48 Å². The summed E-state index contributed by atoms with van der Waals surface area (Å²) in [4.78, 5) is 109. The van der Waals surface area contributed by atoms with Crippen LogP contribution in [0.5, 0.6) is 5.75 Å². The lowest BCUT2D eigenvalue weighted by atomic mass is 9.81. The summed E-state index contributed by atoms with van der Waals surface area (Å²) in [6, 6.07) is 10.9. The van der Waals surface area contributed by atoms with Crippen molar-refractivity contribution in [2.45, 2.75) is 64.7 Å². The summed E-state index contributed by atoms with van der Waals surface area (Å²) in [6.07, 6.45) is 1.08. The molecule has 5 amide bonds. The van der Waals surface area contributed by atoms with Gasteiger partial charge in [-0.05, 0) is 54.0 Å². The molecule has 1 saturated heterocycles. The highest BCUT2D eigenvalue weighted by Gasteiger charge is 2.36.